The number of aryl methyl sites for hydroxylation is 2. The molecule has 0 aliphatic carbocycles. The van der Waals surface area contributed by atoms with E-state index in [0.29, 0.717) is 24.1 Å². The number of amides is 1. The fourth-order valence-electron chi connectivity index (χ4n) is 3.70. The number of nitrogens with zero attached hydrogens (tertiary/aromatic N) is 7. The van der Waals surface area contributed by atoms with E-state index in [1.54, 1.807) is 17.3 Å². The molecular formula is C25H27N7OS. The van der Waals surface area contributed by atoms with E-state index in [4.69, 9.17) is 10.5 Å². The van der Waals surface area contributed by atoms with Gasteiger partial charge in [0.1, 0.15) is 0 Å². The van der Waals surface area contributed by atoms with E-state index in [1.807, 2.05) is 16.7 Å². The minimum absolute atomic E-state index is 0.132. The summed E-state index contributed by atoms with van der Waals surface area (Å²) < 4.78 is 2.03. The Labute approximate surface area is 204 Å². The summed E-state index contributed by atoms with van der Waals surface area (Å²) in [5.41, 5.74) is 4.21. The number of para-hydroxylation sites is 1. The summed E-state index contributed by atoms with van der Waals surface area (Å²) in [6.45, 7) is 4.85. The van der Waals surface area contributed by atoms with Crippen molar-refractivity contribution in [1.29, 1.82) is 10.5 Å². The van der Waals surface area contributed by atoms with Gasteiger partial charge in [-0.15, -0.1) is 10.2 Å². The fraction of sp³-hybridized carbons (Fsp3) is 0.360. The van der Waals surface area contributed by atoms with Gasteiger partial charge in [0.05, 0.1) is 36.4 Å². The van der Waals surface area contributed by atoms with E-state index in [1.165, 1.54) is 22.9 Å². The molecule has 2 heterocycles. The molecule has 8 nitrogen and oxygen atoms in total. The molecule has 1 aromatic carbocycles. The number of hydrogen-bond donors (Lipinski definition) is 0. The zero-order valence-electron chi connectivity index (χ0n) is 19.4. The first-order valence-electron chi connectivity index (χ1n) is 11.3. The number of carbonyl (C=O) groups excluding carboxylic acids is 1. The molecule has 174 valence electrons. The first-order chi connectivity index (χ1) is 16.6. The van der Waals surface area contributed by atoms with Crippen LogP contribution < -0.4 is 0 Å². The van der Waals surface area contributed by atoms with E-state index in [2.05, 4.69) is 59.4 Å². The summed E-state index contributed by atoms with van der Waals surface area (Å²) in [7, 11) is 0. The van der Waals surface area contributed by atoms with Crippen molar-refractivity contribution in [2.75, 3.05) is 18.8 Å². The van der Waals surface area contributed by atoms with Crippen molar-refractivity contribution in [3.8, 4) is 29.2 Å². The molecular weight excluding hydrogens is 446 g/mol. The lowest BCUT2D eigenvalue weighted by Crippen LogP contribution is -2.34. The minimum Gasteiger partial charge on any atom is -0.340 e. The van der Waals surface area contributed by atoms with Gasteiger partial charge in [0, 0.05) is 31.0 Å². The predicted octanol–water partition coefficient (Wildman–Crippen LogP) is 4.20. The van der Waals surface area contributed by atoms with Crippen LogP contribution in [0.15, 0.2) is 47.9 Å². The van der Waals surface area contributed by atoms with Gasteiger partial charge in [0.2, 0.25) is 5.91 Å². The fourth-order valence-corrected chi connectivity index (χ4v) is 4.54. The Bertz CT molecular complexity index is 1150. The van der Waals surface area contributed by atoms with Crippen molar-refractivity contribution in [3.63, 3.8) is 0 Å². The number of pyridine rings is 1. The van der Waals surface area contributed by atoms with Gasteiger partial charge in [-0.1, -0.05) is 43.8 Å². The Morgan fingerprint density at radius 1 is 1.03 bits per heavy atom. The van der Waals surface area contributed by atoms with Crippen LogP contribution in [0.1, 0.15) is 37.8 Å². The molecule has 0 saturated heterocycles. The van der Waals surface area contributed by atoms with Crippen LogP contribution in [0, 0.1) is 22.7 Å². The Hall–Kier alpha value is -3.69. The molecule has 0 unspecified atom stereocenters. The molecule has 0 atom stereocenters. The molecule has 0 fully saturated rings. The number of thioether (sulfide) groups is 1. The molecule has 1 amide bonds. The molecule has 0 bridgehead atoms. The Kier molecular flexibility index (Phi) is 9.19. The molecule has 3 rings (SSSR count). The monoisotopic (exact) mass is 473 g/mol. The molecule has 0 aliphatic heterocycles. The number of aromatic nitrogens is 4. The van der Waals surface area contributed by atoms with Crippen LogP contribution in [0.2, 0.25) is 0 Å². The van der Waals surface area contributed by atoms with E-state index in [-0.39, 0.29) is 24.5 Å². The molecule has 0 spiro atoms. The minimum atomic E-state index is -0.132. The number of carbonyl (C=O) groups is 1. The van der Waals surface area contributed by atoms with Gasteiger partial charge in [0.15, 0.2) is 11.0 Å². The smallest absolute Gasteiger partial charge is 0.233 e. The highest BCUT2D eigenvalue weighted by Gasteiger charge is 2.22. The normalized spacial score (nSPS) is 10.5. The highest BCUT2D eigenvalue weighted by molar-refractivity contribution is 7.99. The van der Waals surface area contributed by atoms with E-state index in [9.17, 15) is 4.79 Å². The van der Waals surface area contributed by atoms with Crippen molar-refractivity contribution >= 4 is 17.7 Å². The summed E-state index contributed by atoms with van der Waals surface area (Å²) in [5, 5.41) is 27.4. The van der Waals surface area contributed by atoms with Crippen molar-refractivity contribution in [3.05, 3.63) is 53.9 Å². The second-order valence-corrected chi connectivity index (χ2v) is 8.44. The van der Waals surface area contributed by atoms with Gasteiger partial charge < -0.3 is 4.90 Å². The Morgan fingerprint density at radius 2 is 1.71 bits per heavy atom. The maximum Gasteiger partial charge on any atom is 0.233 e. The quantitative estimate of drug-likeness (QED) is 0.384. The first kappa shape index (κ1) is 24.9. The molecule has 3 aromatic rings. The molecule has 0 N–H and O–H groups in total. The summed E-state index contributed by atoms with van der Waals surface area (Å²) in [6, 6.07) is 14.2. The van der Waals surface area contributed by atoms with Crippen LogP contribution in [-0.2, 0) is 17.6 Å². The van der Waals surface area contributed by atoms with E-state index >= 15 is 0 Å². The molecule has 0 aliphatic rings. The highest BCUT2D eigenvalue weighted by atomic mass is 32.2. The lowest BCUT2D eigenvalue weighted by molar-refractivity contribution is -0.128. The first-order valence-corrected chi connectivity index (χ1v) is 12.2. The zero-order valence-corrected chi connectivity index (χ0v) is 20.3. The van der Waals surface area contributed by atoms with Gasteiger partial charge in [-0.25, -0.2) is 0 Å². The standard InChI is InChI=1S/C25H27N7OS/c1-3-19-9-5-10-20(4-2)23(19)32-24(21-11-6-14-28-17-21)29-30-25(32)34-18-22(33)31(15-7-12-26)16-8-13-27/h5-6,9-11,14,17H,3-4,7-8,15-16,18H2,1-2H3. The summed E-state index contributed by atoms with van der Waals surface area (Å²) >= 11 is 1.31. The predicted molar refractivity (Wildman–Crippen MR) is 131 cm³/mol. The Balaban J connectivity index is 2.00. The van der Waals surface area contributed by atoms with Gasteiger partial charge in [-0.3, -0.25) is 14.3 Å². The van der Waals surface area contributed by atoms with E-state index < -0.39 is 0 Å². The van der Waals surface area contributed by atoms with Crippen LogP contribution in [0.5, 0.6) is 0 Å². The van der Waals surface area contributed by atoms with Gasteiger partial charge in [-0.05, 0) is 36.1 Å². The molecule has 0 radical (unpaired) electrons. The van der Waals surface area contributed by atoms with Crippen LogP contribution in [0.3, 0.4) is 0 Å². The van der Waals surface area contributed by atoms with Crippen LogP contribution in [-0.4, -0.2) is 49.4 Å². The SMILES string of the molecule is CCc1cccc(CC)c1-n1c(SCC(=O)N(CCC#N)CCC#N)nnc1-c1cccnc1. The maximum absolute atomic E-state index is 12.9. The third kappa shape index (κ3) is 5.81. The molecule has 2 aromatic heterocycles. The lowest BCUT2D eigenvalue weighted by Gasteiger charge is -2.21. The Morgan fingerprint density at radius 3 is 2.26 bits per heavy atom. The average molecular weight is 474 g/mol. The van der Waals surface area contributed by atoms with Gasteiger partial charge in [-0.2, -0.15) is 10.5 Å². The van der Waals surface area contributed by atoms with Gasteiger partial charge >= 0.3 is 0 Å². The topological polar surface area (TPSA) is 111 Å². The second kappa shape index (κ2) is 12.5. The summed E-state index contributed by atoms with van der Waals surface area (Å²) in [4.78, 5) is 18.7. The van der Waals surface area contributed by atoms with Crippen LogP contribution >= 0.6 is 11.8 Å². The summed E-state index contributed by atoms with van der Waals surface area (Å²) in [5.74, 6) is 0.676. The van der Waals surface area contributed by atoms with Crippen molar-refractivity contribution in [1.82, 2.24) is 24.6 Å². The molecule has 34 heavy (non-hydrogen) atoms. The number of hydrogen-bond acceptors (Lipinski definition) is 7. The van der Waals surface area contributed by atoms with Crippen LogP contribution in [0.4, 0.5) is 0 Å². The maximum atomic E-state index is 12.9. The van der Waals surface area contributed by atoms with Crippen molar-refractivity contribution in [2.24, 2.45) is 0 Å². The second-order valence-electron chi connectivity index (χ2n) is 7.50. The van der Waals surface area contributed by atoms with Crippen molar-refractivity contribution < 1.29 is 4.79 Å². The highest BCUT2D eigenvalue weighted by Crippen LogP contribution is 2.32. The number of rotatable bonds is 11. The van der Waals surface area contributed by atoms with E-state index in [0.717, 1.165) is 24.1 Å². The molecule has 9 heteroatoms. The van der Waals surface area contributed by atoms with Crippen molar-refractivity contribution in [2.45, 2.75) is 44.7 Å². The summed E-state index contributed by atoms with van der Waals surface area (Å²) in [6.07, 6.45) is 5.61. The largest absolute Gasteiger partial charge is 0.340 e. The number of nitriles is 2. The van der Waals surface area contributed by atoms with Gasteiger partial charge in [0.25, 0.3) is 0 Å². The number of benzene rings is 1. The lowest BCUT2D eigenvalue weighted by atomic mass is 10.0. The third-order valence-electron chi connectivity index (χ3n) is 5.41. The third-order valence-corrected chi connectivity index (χ3v) is 6.32. The average Bonchev–Trinajstić information content (AvgIpc) is 3.30. The zero-order chi connectivity index (χ0) is 24.3. The molecule has 0 saturated carbocycles. The van der Waals surface area contributed by atoms with Crippen LogP contribution in [0.25, 0.3) is 17.1 Å².